The van der Waals surface area contributed by atoms with Gasteiger partial charge < -0.3 is 9.47 Å². The van der Waals surface area contributed by atoms with E-state index in [1.54, 1.807) is 6.07 Å². The van der Waals surface area contributed by atoms with Gasteiger partial charge in [0, 0.05) is 12.3 Å². The summed E-state index contributed by atoms with van der Waals surface area (Å²) < 4.78 is 34.7. The number of primary sulfonamides is 1. The maximum absolute atomic E-state index is 13.0. The Morgan fingerprint density at radius 1 is 1.06 bits per heavy atom. The molecule has 2 N–H and O–H groups in total. The van der Waals surface area contributed by atoms with E-state index in [1.807, 2.05) is 12.1 Å². The van der Waals surface area contributed by atoms with Gasteiger partial charge in [0.05, 0.1) is 10.5 Å². The van der Waals surface area contributed by atoms with E-state index in [2.05, 4.69) is 13.0 Å². The van der Waals surface area contributed by atoms with Crippen molar-refractivity contribution in [2.24, 2.45) is 22.4 Å². The number of benzene rings is 2. The van der Waals surface area contributed by atoms with Gasteiger partial charge in [0.1, 0.15) is 11.9 Å². The Bertz CT molecular complexity index is 1290. The van der Waals surface area contributed by atoms with E-state index in [0.29, 0.717) is 23.5 Å². The highest BCUT2D eigenvalue weighted by atomic mass is 32.2. The highest BCUT2D eigenvalue weighted by Crippen LogP contribution is 2.61. The van der Waals surface area contributed by atoms with Crippen LogP contribution in [0.5, 0.6) is 5.75 Å². The van der Waals surface area contributed by atoms with Crippen molar-refractivity contribution in [2.45, 2.75) is 69.3 Å². The van der Waals surface area contributed by atoms with Crippen LogP contribution in [-0.4, -0.2) is 26.5 Å². The standard InChI is InChI=1S/C27H31NO6S/c1-16(29)33-19-7-9-21-17(14-19)6-8-23-22(21)12-13-27(2)24(23)10-11-25(27)34-26(30)18-4-3-5-20(15-18)35(28,31)32/h3-5,7,9,14-15,22-25H,6,8,10-13H2,1-2H3,(H2,28,31,32)/t22?,23?,24?,25-,27-/m0/s1. The summed E-state index contributed by atoms with van der Waals surface area (Å²) in [6, 6.07) is 11.7. The average Bonchev–Trinajstić information content (AvgIpc) is 3.14. The number of carbonyl (C=O) groups excluding carboxylic acids is 2. The number of esters is 2. The molecule has 3 aliphatic carbocycles. The largest absolute Gasteiger partial charge is 0.458 e. The molecule has 0 amide bonds. The molecule has 2 fully saturated rings. The van der Waals surface area contributed by atoms with E-state index < -0.39 is 16.0 Å². The Kier molecular flexibility index (Phi) is 6.00. The molecule has 2 aromatic carbocycles. The minimum Gasteiger partial charge on any atom is -0.458 e. The topological polar surface area (TPSA) is 113 Å². The average molecular weight is 498 g/mol. The lowest BCUT2D eigenvalue weighted by Crippen LogP contribution is -2.45. The molecule has 2 saturated carbocycles. The summed E-state index contributed by atoms with van der Waals surface area (Å²) in [5.74, 6) is 1.23. The van der Waals surface area contributed by atoms with Crippen molar-refractivity contribution in [1.29, 1.82) is 0 Å². The van der Waals surface area contributed by atoms with Crippen LogP contribution in [0, 0.1) is 17.3 Å². The first-order chi connectivity index (χ1) is 16.6. The lowest BCUT2D eigenvalue weighted by atomic mass is 9.55. The van der Waals surface area contributed by atoms with E-state index in [9.17, 15) is 18.0 Å². The number of aryl methyl sites for hydroxylation is 1. The van der Waals surface area contributed by atoms with E-state index >= 15 is 0 Å². The number of carbonyl (C=O) groups is 2. The van der Waals surface area contributed by atoms with Gasteiger partial charge in [0.2, 0.25) is 10.0 Å². The third-order valence-electron chi connectivity index (χ3n) is 8.52. The second-order valence-corrected chi connectivity index (χ2v) is 12.0. The predicted octanol–water partition coefficient (Wildman–Crippen LogP) is 4.34. The molecular formula is C27H31NO6S. The van der Waals surface area contributed by atoms with Gasteiger partial charge in [-0.15, -0.1) is 0 Å². The summed E-state index contributed by atoms with van der Waals surface area (Å²) >= 11 is 0. The Labute approximate surface area is 206 Å². The number of sulfonamides is 1. The second kappa shape index (κ2) is 8.75. The maximum atomic E-state index is 13.0. The number of nitrogens with two attached hydrogens (primary N) is 1. The highest BCUT2D eigenvalue weighted by Gasteiger charge is 2.56. The molecule has 5 atom stereocenters. The quantitative estimate of drug-likeness (QED) is 0.497. The fraction of sp³-hybridized carbons (Fsp3) is 0.481. The Balaban J connectivity index is 1.33. The van der Waals surface area contributed by atoms with Gasteiger partial charge in [-0.2, -0.15) is 0 Å². The van der Waals surface area contributed by atoms with Gasteiger partial charge >= 0.3 is 11.9 Å². The molecule has 186 valence electrons. The van der Waals surface area contributed by atoms with Crippen LogP contribution in [0.3, 0.4) is 0 Å². The molecule has 7 nitrogen and oxygen atoms in total. The molecular weight excluding hydrogens is 466 g/mol. The lowest BCUT2D eigenvalue weighted by Gasteiger charge is -2.50. The first-order valence-electron chi connectivity index (χ1n) is 12.2. The minimum atomic E-state index is -3.90. The molecule has 0 heterocycles. The van der Waals surface area contributed by atoms with Crippen LogP contribution in [0.4, 0.5) is 0 Å². The second-order valence-electron chi connectivity index (χ2n) is 10.5. The number of rotatable bonds is 4. The van der Waals surface area contributed by atoms with Crippen molar-refractivity contribution < 1.29 is 27.5 Å². The van der Waals surface area contributed by atoms with Crippen molar-refractivity contribution in [2.75, 3.05) is 0 Å². The fourth-order valence-electron chi connectivity index (χ4n) is 6.93. The van der Waals surface area contributed by atoms with Gasteiger partial charge in [-0.1, -0.05) is 19.1 Å². The molecule has 3 unspecified atom stereocenters. The van der Waals surface area contributed by atoms with Crippen LogP contribution >= 0.6 is 0 Å². The van der Waals surface area contributed by atoms with Crippen LogP contribution in [0.15, 0.2) is 47.4 Å². The van der Waals surface area contributed by atoms with Crippen LogP contribution in [-0.2, 0) is 26.0 Å². The zero-order valence-corrected chi connectivity index (χ0v) is 20.8. The summed E-state index contributed by atoms with van der Waals surface area (Å²) in [6.45, 7) is 3.66. The maximum Gasteiger partial charge on any atom is 0.338 e. The molecule has 3 aliphatic rings. The van der Waals surface area contributed by atoms with Crippen molar-refractivity contribution in [3.8, 4) is 5.75 Å². The van der Waals surface area contributed by atoms with E-state index in [-0.39, 0.29) is 27.9 Å². The SMILES string of the molecule is CC(=O)Oc1ccc2c(c1)CCC1C2CC[C@@]2(C)C1CC[C@@H]2OC(=O)c1cccc(S(N)(=O)=O)c1. The first kappa shape index (κ1) is 24.0. The van der Waals surface area contributed by atoms with Crippen LogP contribution in [0.25, 0.3) is 0 Å². The number of fused-ring (bicyclic) bond motifs is 5. The minimum absolute atomic E-state index is 0.0966. The smallest absolute Gasteiger partial charge is 0.338 e. The fourth-order valence-corrected chi connectivity index (χ4v) is 7.49. The van der Waals surface area contributed by atoms with Gasteiger partial charge in [0.25, 0.3) is 0 Å². The van der Waals surface area contributed by atoms with Gasteiger partial charge in [-0.3, -0.25) is 4.79 Å². The zero-order valence-electron chi connectivity index (χ0n) is 20.0. The lowest BCUT2D eigenvalue weighted by molar-refractivity contribution is -0.131. The van der Waals surface area contributed by atoms with E-state index in [4.69, 9.17) is 14.6 Å². The third-order valence-corrected chi connectivity index (χ3v) is 9.43. The summed E-state index contributed by atoms with van der Waals surface area (Å²) in [5, 5.41) is 5.22. The normalized spacial score (nSPS) is 29.5. The van der Waals surface area contributed by atoms with E-state index in [1.165, 1.54) is 36.2 Å². The number of hydrogen-bond acceptors (Lipinski definition) is 6. The molecule has 8 heteroatoms. The van der Waals surface area contributed by atoms with Gasteiger partial charge in [-0.05, 0) is 97.7 Å². The monoisotopic (exact) mass is 497 g/mol. The summed E-state index contributed by atoms with van der Waals surface area (Å²) in [6.07, 6.45) is 5.61. The highest BCUT2D eigenvalue weighted by molar-refractivity contribution is 7.89. The Morgan fingerprint density at radius 2 is 1.86 bits per heavy atom. The molecule has 0 spiro atoms. The van der Waals surface area contributed by atoms with Crippen molar-refractivity contribution >= 4 is 22.0 Å². The number of hydrogen-bond donors (Lipinski definition) is 1. The third kappa shape index (κ3) is 4.38. The molecule has 0 saturated heterocycles. The first-order valence-corrected chi connectivity index (χ1v) is 13.8. The molecule has 2 aromatic rings. The van der Waals surface area contributed by atoms with Crippen molar-refractivity contribution in [3.05, 3.63) is 59.2 Å². The summed E-state index contributed by atoms with van der Waals surface area (Å²) in [4.78, 5) is 24.2. The molecule has 35 heavy (non-hydrogen) atoms. The molecule has 0 aromatic heterocycles. The predicted molar refractivity (Wildman–Crippen MR) is 129 cm³/mol. The number of ether oxygens (including phenoxy) is 2. The van der Waals surface area contributed by atoms with Crippen molar-refractivity contribution in [1.82, 2.24) is 0 Å². The van der Waals surface area contributed by atoms with E-state index in [0.717, 1.165) is 38.5 Å². The van der Waals surface area contributed by atoms with Gasteiger partial charge in [-0.25, -0.2) is 18.4 Å². The van der Waals surface area contributed by atoms with Crippen LogP contribution < -0.4 is 9.88 Å². The van der Waals surface area contributed by atoms with Gasteiger partial charge in [0.15, 0.2) is 0 Å². The van der Waals surface area contributed by atoms with Crippen molar-refractivity contribution in [3.63, 3.8) is 0 Å². The molecule has 0 bridgehead atoms. The summed E-state index contributed by atoms with van der Waals surface area (Å²) in [7, 11) is -3.90. The van der Waals surface area contributed by atoms with Crippen LogP contribution in [0.2, 0.25) is 0 Å². The Morgan fingerprint density at radius 3 is 2.60 bits per heavy atom. The van der Waals surface area contributed by atoms with Crippen LogP contribution in [0.1, 0.15) is 73.4 Å². The Hall–Kier alpha value is -2.71. The summed E-state index contributed by atoms with van der Waals surface area (Å²) in [5.41, 5.74) is 2.72. The molecule has 0 radical (unpaired) electrons. The molecule has 5 rings (SSSR count). The zero-order chi connectivity index (χ0) is 25.0. The molecule has 0 aliphatic heterocycles.